The van der Waals surface area contributed by atoms with Crippen LogP contribution in [0.1, 0.15) is 49.3 Å². The number of carbonyl (C=O) groups excluding carboxylic acids is 1. The molecule has 2 aliphatic heterocycles. The third kappa shape index (κ3) is 3.74. The zero-order chi connectivity index (χ0) is 16.9. The van der Waals surface area contributed by atoms with Gasteiger partial charge in [-0.15, -0.1) is 0 Å². The fourth-order valence-corrected chi connectivity index (χ4v) is 3.41. The van der Waals surface area contributed by atoms with Crippen LogP contribution in [-0.2, 0) is 27.3 Å². The lowest BCUT2D eigenvalue weighted by Crippen LogP contribution is -2.28. The van der Waals surface area contributed by atoms with E-state index < -0.39 is 0 Å². The summed E-state index contributed by atoms with van der Waals surface area (Å²) in [5.74, 6) is 0.596. The highest BCUT2D eigenvalue weighted by atomic mass is 16.5. The van der Waals surface area contributed by atoms with Gasteiger partial charge in [0.1, 0.15) is 11.6 Å². The number of fused-ring (bicyclic) bond motifs is 1. The molecule has 0 bridgehead atoms. The maximum Gasteiger partial charge on any atom is 0.225 e. The molecule has 0 aliphatic carbocycles. The maximum absolute atomic E-state index is 12.4. The van der Waals surface area contributed by atoms with Gasteiger partial charge in [0, 0.05) is 24.8 Å². The first-order chi connectivity index (χ1) is 11.7. The number of amides is 1. The normalized spacial score (nSPS) is 23.2. The van der Waals surface area contributed by atoms with Crippen LogP contribution in [0.15, 0.2) is 6.20 Å². The van der Waals surface area contributed by atoms with Crippen LogP contribution in [0.25, 0.3) is 0 Å². The summed E-state index contributed by atoms with van der Waals surface area (Å²) < 4.78 is 11.1. The molecule has 2 unspecified atom stereocenters. The number of anilines is 1. The van der Waals surface area contributed by atoms with E-state index >= 15 is 0 Å². The minimum Gasteiger partial charge on any atom is -0.378 e. The molecule has 1 saturated heterocycles. The predicted molar refractivity (Wildman–Crippen MR) is 88.3 cm³/mol. The lowest BCUT2D eigenvalue weighted by Gasteiger charge is -2.28. The molecule has 2 atom stereocenters. The van der Waals surface area contributed by atoms with Crippen LogP contribution in [0.2, 0.25) is 0 Å². The first-order valence-corrected chi connectivity index (χ1v) is 8.61. The number of pyridine rings is 1. The van der Waals surface area contributed by atoms with Gasteiger partial charge in [0.15, 0.2) is 5.82 Å². The first kappa shape index (κ1) is 16.9. The van der Waals surface area contributed by atoms with Crippen molar-refractivity contribution in [1.29, 1.82) is 5.26 Å². The molecule has 128 valence electrons. The first-order valence-electron chi connectivity index (χ1n) is 8.61. The number of carbonyl (C=O) groups is 1. The Hall–Kier alpha value is -1.97. The van der Waals surface area contributed by atoms with E-state index in [1.807, 2.05) is 0 Å². The van der Waals surface area contributed by atoms with Crippen molar-refractivity contribution in [3.63, 3.8) is 0 Å². The number of hydrogen-bond donors (Lipinski definition) is 1. The van der Waals surface area contributed by atoms with E-state index in [2.05, 4.69) is 23.3 Å². The molecule has 0 radical (unpaired) electrons. The number of nitrogens with one attached hydrogen (secondary N) is 1. The Labute approximate surface area is 142 Å². The highest BCUT2D eigenvalue weighted by Crippen LogP contribution is 2.27. The van der Waals surface area contributed by atoms with Crippen molar-refractivity contribution < 1.29 is 14.3 Å². The molecule has 1 fully saturated rings. The van der Waals surface area contributed by atoms with E-state index in [0.29, 0.717) is 43.5 Å². The number of nitriles is 1. The fraction of sp³-hybridized carbons (Fsp3) is 0.611. The fourth-order valence-electron chi connectivity index (χ4n) is 3.41. The van der Waals surface area contributed by atoms with Gasteiger partial charge in [-0.25, -0.2) is 4.98 Å². The summed E-state index contributed by atoms with van der Waals surface area (Å²) in [5.41, 5.74) is 2.32. The van der Waals surface area contributed by atoms with Gasteiger partial charge in [-0.2, -0.15) is 5.26 Å². The molecule has 1 amide bonds. The highest BCUT2D eigenvalue weighted by molar-refractivity contribution is 5.91. The Morgan fingerprint density at radius 2 is 2.38 bits per heavy atom. The summed E-state index contributed by atoms with van der Waals surface area (Å²) in [6, 6.07) is 2.17. The van der Waals surface area contributed by atoms with Crippen LogP contribution in [0.4, 0.5) is 5.82 Å². The van der Waals surface area contributed by atoms with Gasteiger partial charge in [0.2, 0.25) is 5.91 Å². The summed E-state index contributed by atoms with van der Waals surface area (Å²) in [5, 5.41) is 12.3. The summed E-state index contributed by atoms with van der Waals surface area (Å²) in [4.78, 5) is 16.7. The van der Waals surface area contributed by atoms with Crippen molar-refractivity contribution in [3.05, 3.63) is 22.9 Å². The van der Waals surface area contributed by atoms with E-state index in [4.69, 9.17) is 9.47 Å². The Bertz CT molecular complexity index is 654. The van der Waals surface area contributed by atoms with E-state index in [9.17, 15) is 10.1 Å². The largest absolute Gasteiger partial charge is 0.378 e. The van der Waals surface area contributed by atoms with Crippen LogP contribution in [-0.4, -0.2) is 30.2 Å². The molecule has 3 heterocycles. The topological polar surface area (TPSA) is 84.2 Å². The monoisotopic (exact) mass is 329 g/mol. The van der Waals surface area contributed by atoms with Gasteiger partial charge in [0.25, 0.3) is 0 Å². The average Bonchev–Trinajstić information content (AvgIpc) is 2.61. The predicted octanol–water partition coefficient (Wildman–Crippen LogP) is 2.56. The molecular formula is C18H23N3O3. The van der Waals surface area contributed by atoms with Crippen molar-refractivity contribution in [2.45, 2.75) is 51.7 Å². The molecule has 0 spiro atoms. The van der Waals surface area contributed by atoms with Gasteiger partial charge >= 0.3 is 0 Å². The number of hydrogen-bond acceptors (Lipinski definition) is 5. The number of aromatic nitrogens is 1. The summed E-state index contributed by atoms with van der Waals surface area (Å²) in [7, 11) is 0. The van der Waals surface area contributed by atoms with Crippen LogP contribution in [0.5, 0.6) is 0 Å². The van der Waals surface area contributed by atoms with E-state index in [1.165, 1.54) is 0 Å². The third-order valence-electron chi connectivity index (χ3n) is 4.81. The number of ether oxygens (including phenoxy) is 2. The Morgan fingerprint density at radius 3 is 3.17 bits per heavy atom. The summed E-state index contributed by atoms with van der Waals surface area (Å²) >= 11 is 0. The van der Waals surface area contributed by atoms with Crippen molar-refractivity contribution >= 4 is 11.7 Å². The Kier molecular flexibility index (Phi) is 5.44. The van der Waals surface area contributed by atoms with Crippen molar-refractivity contribution in [3.8, 4) is 6.07 Å². The Balaban J connectivity index is 1.67. The molecule has 2 aliphatic rings. The second-order valence-corrected chi connectivity index (χ2v) is 6.44. The van der Waals surface area contributed by atoms with Crippen LogP contribution < -0.4 is 5.32 Å². The van der Waals surface area contributed by atoms with E-state index in [1.54, 1.807) is 6.20 Å². The zero-order valence-electron chi connectivity index (χ0n) is 14.0. The zero-order valence-corrected chi connectivity index (χ0v) is 14.0. The number of rotatable bonds is 4. The molecule has 6 heteroatoms. The average molecular weight is 329 g/mol. The SMILES string of the molecule is CCC1CC(CC(=O)Nc2ncc3c(c2C#N)COCC3)CCO1. The summed E-state index contributed by atoms with van der Waals surface area (Å²) in [6.07, 6.45) is 6.00. The Morgan fingerprint density at radius 1 is 1.50 bits per heavy atom. The highest BCUT2D eigenvalue weighted by Gasteiger charge is 2.25. The van der Waals surface area contributed by atoms with E-state index in [0.717, 1.165) is 36.8 Å². The molecule has 0 saturated carbocycles. The van der Waals surface area contributed by atoms with Crippen molar-refractivity contribution in [2.75, 3.05) is 18.5 Å². The van der Waals surface area contributed by atoms with Gasteiger partial charge in [0.05, 0.1) is 19.3 Å². The van der Waals surface area contributed by atoms with E-state index in [-0.39, 0.29) is 12.0 Å². The lowest BCUT2D eigenvalue weighted by atomic mass is 9.91. The standard InChI is InChI=1S/C18H23N3O3/c1-2-14-7-12(3-6-24-14)8-17(22)21-18-15(9-19)16-11-23-5-4-13(16)10-20-18/h10,12,14H,2-8,11H2,1H3,(H,20,21,22). The molecule has 0 aromatic carbocycles. The molecule has 1 aromatic heterocycles. The molecule has 3 rings (SSSR count). The van der Waals surface area contributed by atoms with Crippen molar-refractivity contribution in [2.24, 2.45) is 5.92 Å². The smallest absolute Gasteiger partial charge is 0.225 e. The molecule has 24 heavy (non-hydrogen) atoms. The van der Waals surface area contributed by atoms with Gasteiger partial charge in [-0.3, -0.25) is 4.79 Å². The molecule has 6 nitrogen and oxygen atoms in total. The quantitative estimate of drug-likeness (QED) is 0.917. The molecule has 1 aromatic rings. The second-order valence-electron chi connectivity index (χ2n) is 6.44. The molecular weight excluding hydrogens is 306 g/mol. The van der Waals surface area contributed by atoms with Gasteiger partial charge in [-0.05, 0) is 37.2 Å². The van der Waals surface area contributed by atoms with Crippen molar-refractivity contribution in [1.82, 2.24) is 4.98 Å². The van der Waals surface area contributed by atoms with Gasteiger partial charge < -0.3 is 14.8 Å². The summed E-state index contributed by atoms with van der Waals surface area (Å²) in [6.45, 7) is 3.87. The molecule has 1 N–H and O–H groups in total. The van der Waals surface area contributed by atoms with Crippen LogP contribution in [0, 0.1) is 17.2 Å². The number of nitrogens with zero attached hydrogens (tertiary/aromatic N) is 2. The maximum atomic E-state index is 12.4. The minimum atomic E-state index is -0.0857. The lowest BCUT2D eigenvalue weighted by molar-refractivity contribution is -0.118. The van der Waals surface area contributed by atoms with Gasteiger partial charge in [-0.1, -0.05) is 6.92 Å². The third-order valence-corrected chi connectivity index (χ3v) is 4.81. The second kappa shape index (κ2) is 7.73. The van der Waals surface area contributed by atoms with Crippen LogP contribution >= 0.6 is 0 Å². The van der Waals surface area contributed by atoms with Crippen LogP contribution in [0.3, 0.4) is 0 Å². The minimum absolute atomic E-state index is 0.0857.